The van der Waals surface area contributed by atoms with E-state index in [1.165, 1.54) is 88.3 Å². The van der Waals surface area contributed by atoms with Crippen molar-refractivity contribution in [1.29, 1.82) is 0 Å². The van der Waals surface area contributed by atoms with Crippen molar-refractivity contribution >= 4 is 23.8 Å². The maximum Gasteiger partial charge on any atom is 0.111 e. The Balaban J connectivity index is 0.886. The molecule has 3 heteroatoms. The van der Waals surface area contributed by atoms with Crippen LogP contribution in [0.5, 0.6) is 0 Å². The van der Waals surface area contributed by atoms with Gasteiger partial charge in [-0.05, 0) is 131 Å². The minimum Gasteiger partial charge on any atom is -0.264 e. The van der Waals surface area contributed by atoms with Gasteiger partial charge in [0.05, 0.1) is 17.0 Å². The zero-order valence-corrected chi connectivity index (χ0v) is 34.8. The average molecular weight is 767 g/mol. The monoisotopic (exact) mass is 766 g/mol. The lowest BCUT2D eigenvalue weighted by atomic mass is 9.62. The molecule has 0 bridgehead atoms. The molecular formula is C55H46N2S. The maximum atomic E-state index is 5.02. The zero-order chi connectivity index (χ0) is 39.6. The van der Waals surface area contributed by atoms with Gasteiger partial charge in [0, 0.05) is 15.7 Å². The molecular weight excluding hydrogens is 721 g/mol. The quantitative estimate of drug-likeness (QED) is 0.175. The Bertz CT molecular complexity index is 2920. The number of aliphatic imine (C=N–C) groups is 2. The molecule has 2 aliphatic carbocycles. The van der Waals surface area contributed by atoms with Gasteiger partial charge in [-0.3, -0.25) is 4.99 Å². The number of thioether (sulfide) groups is 1. The summed E-state index contributed by atoms with van der Waals surface area (Å²) in [7, 11) is 0. The molecule has 2 nitrogen and oxygen atoms in total. The van der Waals surface area contributed by atoms with Crippen molar-refractivity contribution in [2.75, 3.05) is 0 Å². The molecule has 11 rings (SSSR count). The van der Waals surface area contributed by atoms with E-state index in [2.05, 4.69) is 193 Å². The van der Waals surface area contributed by atoms with Gasteiger partial charge in [0.2, 0.25) is 0 Å². The SMILES string of the molecule is CC1(C)c2ccccc2-c2ccc(-c3cccc(-c4ccc5c(c4)C4N=CN=C(c6cccc(-c7ccc8c(c7)C(C)(C(C)(C)C)c7ccccc7-8)c6)C4S5)c3)cc21. The molecule has 0 fully saturated rings. The zero-order valence-electron chi connectivity index (χ0n) is 34.0. The summed E-state index contributed by atoms with van der Waals surface area (Å²) in [5.74, 6) is 0. The predicted molar refractivity (Wildman–Crippen MR) is 246 cm³/mol. The molecule has 4 aliphatic rings. The molecule has 0 spiro atoms. The predicted octanol–water partition coefficient (Wildman–Crippen LogP) is 14.4. The number of hydrogen-bond donors (Lipinski definition) is 0. The molecule has 0 saturated heterocycles. The molecule has 0 aromatic heterocycles. The van der Waals surface area contributed by atoms with Crippen LogP contribution in [0.4, 0.5) is 0 Å². The van der Waals surface area contributed by atoms with Crippen LogP contribution in [0.2, 0.25) is 0 Å². The summed E-state index contributed by atoms with van der Waals surface area (Å²) in [6.07, 6.45) is 1.79. The van der Waals surface area contributed by atoms with Crippen molar-refractivity contribution < 1.29 is 0 Å². The van der Waals surface area contributed by atoms with E-state index in [1.54, 1.807) is 6.34 Å². The minimum atomic E-state index is -0.0951. The summed E-state index contributed by atoms with van der Waals surface area (Å²) < 4.78 is 0. The summed E-state index contributed by atoms with van der Waals surface area (Å²) in [5.41, 5.74) is 21.9. The van der Waals surface area contributed by atoms with E-state index in [9.17, 15) is 0 Å². The second-order valence-electron chi connectivity index (χ2n) is 18.3. The highest BCUT2D eigenvalue weighted by atomic mass is 32.2. The van der Waals surface area contributed by atoms with Gasteiger partial charge in [-0.15, -0.1) is 11.8 Å². The molecule has 0 radical (unpaired) electrons. The Kier molecular flexibility index (Phi) is 7.70. The maximum absolute atomic E-state index is 5.02. The van der Waals surface area contributed by atoms with E-state index in [1.807, 2.05) is 11.8 Å². The molecule has 3 unspecified atom stereocenters. The number of nitrogens with zero attached hydrogens (tertiary/aromatic N) is 2. The largest absolute Gasteiger partial charge is 0.264 e. The van der Waals surface area contributed by atoms with Crippen molar-refractivity contribution in [3.05, 3.63) is 185 Å². The summed E-state index contributed by atoms with van der Waals surface area (Å²) >= 11 is 1.90. The van der Waals surface area contributed by atoms with Crippen LogP contribution in [0.15, 0.2) is 167 Å². The Morgan fingerprint density at radius 2 is 1.00 bits per heavy atom. The average Bonchev–Trinajstić information content (AvgIpc) is 3.84. The van der Waals surface area contributed by atoms with Crippen LogP contribution >= 0.6 is 11.8 Å². The van der Waals surface area contributed by atoms with Gasteiger partial charge in [-0.2, -0.15) is 0 Å². The first-order valence-corrected chi connectivity index (χ1v) is 21.5. The molecule has 2 aliphatic heterocycles. The molecule has 0 amide bonds. The topological polar surface area (TPSA) is 24.7 Å². The van der Waals surface area contributed by atoms with E-state index in [0.717, 1.165) is 11.3 Å². The summed E-state index contributed by atoms with van der Waals surface area (Å²) in [4.78, 5) is 11.3. The summed E-state index contributed by atoms with van der Waals surface area (Å²) in [6, 6.07) is 57.0. The minimum absolute atomic E-state index is 0.0193. The summed E-state index contributed by atoms with van der Waals surface area (Å²) in [6.45, 7) is 14.2. The highest BCUT2D eigenvalue weighted by Crippen LogP contribution is 2.58. The van der Waals surface area contributed by atoms with Crippen molar-refractivity contribution in [3.63, 3.8) is 0 Å². The molecule has 2 heterocycles. The Hall–Kier alpha value is -5.77. The summed E-state index contributed by atoms with van der Waals surface area (Å²) in [5, 5.41) is 0.120. The fourth-order valence-corrected chi connectivity index (χ4v) is 11.8. The van der Waals surface area contributed by atoms with Crippen molar-refractivity contribution in [2.24, 2.45) is 15.4 Å². The third-order valence-electron chi connectivity index (χ3n) is 14.0. The van der Waals surface area contributed by atoms with Gasteiger partial charge in [-0.1, -0.05) is 157 Å². The van der Waals surface area contributed by atoms with Crippen LogP contribution in [0.1, 0.15) is 81.0 Å². The van der Waals surface area contributed by atoms with Crippen molar-refractivity contribution in [3.8, 4) is 55.6 Å². The first-order valence-electron chi connectivity index (χ1n) is 20.6. The van der Waals surface area contributed by atoms with Crippen molar-refractivity contribution in [1.82, 2.24) is 0 Å². The number of rotatable bonds is 4. The first kappa shape index (κ1) is 35.4. The van der Waals surface area contributed by atoms with Crippen LogP contribution in [0.25, 0.3) is 55.6 Å². The van der Waals surface area contributed by atoms with Gasteiger partial charge in [0.1, 0.15) is 6.34 Å². The van der Waals surface area contributed by atoms with Gasteiger partial charge >= 0.3 is 0 Å². The van der Waals surface area contributed by atoms with Gasteiger partial charge in [-0.25, -0.2) is 4.99 Å². The number of benzene rings is 7. The number of fused-ring (bicyclic) bond motifs is 9. The normalized spacial score (nSPS) is 20.4. The van der Waals surface area contributed by atoms with E-state index in [-0.39, 0.29) is 27.5 Å². The van der Waals surface area contributed by atoms with E-state index >= 15 is 0 Å². The highest BCUT2D eigenvalue weighted by Gasteiger charge is 2.47. The molecule has 0 N–H and O–H groups in total. The molecule has 3 atom stereocenters. The third kappa shape index (κ3) is 5.12. The van der Waals surface area contributed by atoms with Gasteiger partial charge < -0.3 is 0 Å². The van der Waals surface area contributed by atoms with Crippen LogP contribution in [0.3, 0.4) is 0 Å². The lowest BCUT2D eigenvalue weighted by Gasteiger charge is -2.41. The fourth-order valence-electron chi connectivity index (χ4n) is 10.4. The van der Waals surface area contributed by atoms with Gasteiger partial charge in [0.25, 0.3) is 0 Å². The van der Waals surface area contributed by atoms with Crippen LogP contribution < -0.4 is 0 Å². The molecule has 282 valence electrons. The highest BCUT2D eigenvalue weighted by molar-refractivity contribution is 8.01. The van der Waals surface area contributed by atoms with Crippen LogP contribution in [-0.2, 0) is 10.8 Å². The van der Waals surface area contributed by atoms with Gasteiger partial charge in [0.15, 0.2) is 0 Å². The van der Waals surface area contributed by atoms with Crippen LogP contribution in [0, 0.1) is 5.41 Å². The molecule has 58 heavy (non-hydrogen) atoms. The second kappa shape index (κ2) is 12.6. The molecule has 0 saturated carbocycles. The smallest absolute Gasteiger partial charge is 0.111 e. The third-order valence-corrected chi connectivity index (χ3v) is 15.3. The standard InChI is InChI=1S/C55H46N2S/c1-53(2,3)55(6)46-20-10-8-18-41(46)43-25-22-38(31-48(43)55)35-15-12-16-39(28-35)50-52-51(57-32-56-50)44-29-36(23-26-49(44)58-52)33-13-11-14-34(27-33)37-21-24-42-40-17-7-9-19-45(40)54(4,5)47(42)30-37/h7-32,51-52H,1-6H3. The Labute approximate surface area is 346 Å². The first-order chi connectivity index (χ1) is 28.0. The van der Waals surface area contributed by atoms with Crippen molar-refractivity contribution in [2.45, 2.75) is 68.6 Å². The second-order valence-corrected chi connectivity index (χ2v) is 19.5. The molecule has 7 aromatic rings. The number of hydrogen-bond acceptors (Lipinski definition) is 3. The Morgan fingerprint density at radius 3 is 1.69 bits per heavy atom. The van der Waals surface area contributed by atoms with E-state index in [0.29, 0.717) is 0 Å². The lowest BCUT2D eigenvalue weighted by molar-refractivity contribution is 0.255. The Morgan fingerprint density at radius 1 is 0.483 bits per heavy atom. The fraction of sp³-hybridized carbons (Fsp3) is 0.200. The molecule has 7 aromatic carbocycles. The van der Waals surface area contributed by atoms with E-state index < -0.39 is 0 Å². The van der Waals surface area contributed by atoms with E-state index in [4.69, 9.17) is 9.98 Å². The van der Waals surface area contributed by atoms with Crippen LogP contribution in [-0.4, -0.2) is 17.3 Å². The lowest BCUT2D eigenvalue weighted by Crippen LogP contribution is -2.36.